The summed E-state index contributed by atoms with van der Waals surface area (Å²) < 4.78 is 21.5. The number of carboxylic acid groups (broad SMARTS) is 1. The number of aromatic nitrogens is 1. The highest BCUT2D eigenvalue weighted by Crippen LogP contribution is 2.27. The number of hydrogen-bond acceptors (Lipinski definition) is 8. The maximum absolute atomic E-state index is 12.5. The molecule has 12 nitrogen and oxygen atoms in total. The summed E-state index contributed by atoms with van der Waals surface area (Å²) in [6.07, 6.45) is 0.264. The van der Waals surface area contributed by atoms with E-state index in [-0.39, 0.29) is 12.2 Å². The fraction of sp³-hybridized carbons (Fsp3) is 0.536. The molecule has 2 aliphatic heterocycles. The van der Waals surface area contributed by atoms with E-state index in [1.54, 1.807) is 24.1 Å². The average molecular weight is 561 g/mol. The summed E-state index contributed by atoms with van der Waals surface area (Å²) in [5.41, 5.74) is 2.54. The van der Waals surface area contributed by atoms with Gasteiger partial charge in [-0.05, 0) is 44.9 Å². The second-order valence-electron chi connectivity index (χ2n) is 10.2. The van der Waals surface area contributed by atoms with Crippen molar-refractivity contribution in [1.82, 2.24) is 14.8 Å². The van der Waals surface area contributed by atoms with Crippen LogP contribution >= 0.6 is 0 Å². The van der Waals surface area contributed by atoms with Crippen LogP contribution in [-0.2, 0) is 25.5 Å². The summed E-state index contributed by atoms with van der Waals surface area (Å²) in [4.78, 5) is 40.8. The smallest absolute Gasteiger partial charge is 0.410 e. The van der Waals surface area contributed by atoms with Gasteiger partial charge >= 0.3 is 18.2 Å². The lowest BCUT2D eigenvalue weighted by molar-refractivity contribution is -0.0435. The number of esters is 1. The minimum atomic E-state index is -0.849. The number of aromatic amines is 1. The lowest BCUT2D eigenvalue weighted by atomic mass is 10.0. The summed E-state index contributed by atoms with van der Waals surface area (Å²) in [6, 6.07) is 9.72. The summed E-state index contributed by atoms with van der Waals surface area (Å²) in [5, 5.41) is 11.7. The second-order valence-corrected chi connectivity index (χ2v) is 10.2. The Hall–Kier alpha value is -3.77. The van der Waals surface area contributed by atoms with Crippen molar-refractivity contribution >= 4 is 23.8 Å². The van der Waals surface area contributed by atoms with Crippen molar-refractivity contribution in [3.05, 3.63) is 53.3 Å². The molecule has 3 N–H and O–H groups in total. The molecule has 0 bridgehead atoms. The van der Waals surface area contributed by atoms with Gasteiger partial charge in [0.1, 0.15) is 17.4 Å². The zero-order valence-corrected chi connectivity index (χ0v) is 23.6. The van der Waals surface area contributed by atoms with Gasteiger partial charge in [0.15, 0.2) is 0 Å². The van der Waals surface area contributed by atoms with Crippen molar-refractivity contribution in [2.24, 2.45) is 0 Å². The van der Waals surface area contributed by atoms with E-state index < -0.39 is 17.7 Å². The predicted octanol–water partition coefficient (Wildman–Crippen LogP) is 4.11. The topological polar surface area (TPSA) is 143 Å². The van der Waals surface area contributed by atoms with Crippen LogP contribution in [0.5, 0.6) is 0 Å². The van der Waals surface area contributed by atoms with Crippen molar-refractivity contribution in [3.8, 4) is 0 Å². The highest BCUT2D eigenvalue weighted by molar-refractivity contribution is 5.93. The first kappa shape index (κ1) is 30.8. The van der Waals surface area contributed by atoms with Crippen molar-refractivity contribution in [1.29, 1.82) is 0 Å². The molecule has 12 heteroatoms. The average Bonchev–Trinajstić information content (AvgIpc) is 3.41. The van der Waals surface area contributed by atoms with Gasteiger partial charge in [0.05, 0.1) is 38.7 Å². The third-order valence-electron chi connectivity index (χ3n) is 6.10. The van der Waals surface area contributed by atoms with Crippen LogP contribution in [0, 0.1) is 0 Å². The number of anilines is 1. The van der Waals surface area contributed by atoms with Gasteiger partial charge in [-0.1, -0.05) is 24.3 Å². The minimum Gasteiger partial charge on any atom is -0.465 e. The van der Waals surface area contributed by atoms with Gasteiger partial charge in [-0.3, -0.25) is 0 Å². The summed E-state index contributed by atoms with van der Waals surface area (Å²) in [6.45, 7) is 11.6. The largest absolute Gasteiger partial charge is 0.465 e. The molecule has 1 atom stereocenters. The molecular weight excluding hydrogens is 520 g/mol. The van der Waals surface area contributed by atoms with E-state index in [4.69, 9.17) is 24.1 Å². The molecule has 2 aromatic rings. The van der Waals surface area contributed by atoms with Crippen molar-refractivity contribution in [2.75, 3.05) is 57.9 Å². The van der Waals surface area contributed by atoms with Crippen LogP contribution in [0.4, 0.5) is 15.3 Å². The second kappa shape index (κ2) is 14.6. The van der Waals surface area contributed by atoms with E-state index in [9.17, 15) is 14.4 Å². The van der Waals surface area contributed by atoms with Crippen LogP contribution in [0.25, 0.3) is 0 Å². The van der Waals surface area contributed by atoms with Gasteiger partial charge in [-0.2, -0.15) is 0 Å². The Kier molecular flexibility index (Phi) is 11.2. The van der Waals surface area contributed by atoms with Crippen LogP contribution < -0.4 is 5.32 Å². The molecule has 220 valence electrons. The number of carbonyl (C=O) groups excluding carboxylic acids is 2. The normalized spacial score (nSPS) is 17.4. The maximum atomic E-state index is 12.5. The molecule has 2 fully saturated rings. The van der Waals surface area contributed by atoms with E-state index in [2.05, 4.69) is 10.3 Å². The third kappa shape index (κ3) is 9.16. The van der Waals surface area contributed by atoms with Crippen molar-refractivity contribution in [2.45, 2.75) is 45.9 Å². The van der Waals surface area contributed by atoms with Crippen LogP contribution in [0.1, 0.15) is 55.4 Å². The zero-order valence-electron chi connectivity index (χ0n) is 23.6. The third-order valence-corrected chi connectivity index (χ3v) is 6.10. The molecule has 4 rings (SSSR count). The van der Waals surface area contributed by atoms with Gasteiger partial charge in [0.2, 0.25) is 0 Å². The number of amides is 2. The van der Waals surface area contributed by atoms with Crippen molar-refractivity contribution in [3.63, 3.8) is 0 Å². The fourth-order valence-corrected chi connectivity index (χ4v) is 4.17. The molecule has 2 aliphatic rings. The fourth-order valence-electron chi connectivity index (χ4n) is 4.17. The number of hydrogen-bond donors (Lipinski definition) is 3. The Labute approximate surface area is 234 Å². The molecule has 0 radical (unpaired) electrons. The highest BCUT2D eigenvalue weighted by Gasteiger charge is 2.30. The van der Waals surface area contributed by atoms with Gasteiger partial charge in [-0.15, -0.1) is 0 Å². The van der Waals surface area contributed by atoms with Crippen LogP contribution in [0.15, 0.2) is 36.5 Å². The lowest BCUT2D eigenvalue weighted by Gasteiger charge is -2.35. The molecule has 40 heavy (non-hydrogen) atoms. The number of ether oxygens (including phenoxy) is 4. The van der Waals surface area contributed by atoms with Gasteiger partial charge in [0, 0.05) is 32.4 Å². The molecule has 0 spiro atoms. The number of carbonyl (C=O) groups is 3. The number of morpholine rings is 2. The Morgan fingerprint density at radius 3 is 2.42 bits per heavy atom. The maximum Gasteiger partial charge on any atom is 0.410 e. The molecule has 0 saturated carbocycles. The van der Waals surface area contributed by atoms with E-state index in [1.165, 1.54) is 4.90 Å². The first-order valence-electron chi connectivity index (χ1n) is 13.4. The first-order valence-corrected chi connectivity index (χ1v) is 13.4. The van der Waals surface area contributed by atoms with Gasteiger partial charge in [-0.25, -0.2) is 14.4 Å². The first-order chi connectivity index (χ1) is 19.1. The van der Waals surface area contributed by atoms with Crippen LogP contribution in [0.3, 0.4) is 0 Å². The Morgan fingerprint density at radius 1 is 1.07 bits per heavy atom. The molecule has 1 unspecified atom stereocenters. The Morgan fingerprint density at radius 2 is 1.77 bits per heavy atom. The van der Waals surface area contributed by atoms with Crippen LogP contribution in [-0.4, -0.2) is 96.3 Å². The standard InChI is InChI=1S/C23H31N3O5.C5H9NO3/c1-5-29-21(27)20-18(10-11-24-20)25-14-16-8-6-7-9-17(16)19-15-26(12-13-30-19)22(28)31-23(2,3)4;7-5(8)6-1-3-9-4-2-6/h6-11,19,24-25H,5,12-15H2,1-4H3;1-4H2,(H,7,8). The molecule has 0 aliphatic carbocycles. The summed E-state index contributed by atoms with van der Waals surface area (Å²) >= 11 is 0. The quantitative estimate of drug-likeness (QED) is 0.445. The number of benzene rings is 1. The summed E-state index contributed by atoms with van der Waals surface area (Å²) in [7, 11) is 0. The lowest BCUT2D eigenvalue weighted by Crippen LogP contribution is -2.44. The van der Waals surface area contributed by atoms with E-state index in [0.717, 1.165) is 11.1 Å². The highest BCUT2D eigenvalue weighted by atomic mass is 16.6. The summed E-state index contributed by atoms with van der Waals surface area (Å²) in [5.74, 6) is -0.396. The minimum absolute atomic E-state index is 0.255. The van der Waals surface area contributed by atoms with E-state index >= 15 is 0 Å². The molecule has 1 aromatic carbocycles. The number of nitrogens with zero attached hydrogens (tertiary/aromatic N) is 2. The van der Waals surface area contributed by atoms with Gasteiger partial charge < -0.3 is 44.2 Å². The van der Waals surface area contributed by atoms with Crippen molar-refractivity contribution < 1.29 is 38.4 Å². The molecule has 2 saturated heterocycles. The predicted molar refractivity (Wildman–Crippen MR) is 147 cm³/mol. The molecule has 1 aromatic heterocycles. The molecular formula is C28H40N4O8. The monoisotopic (exact) mass is 560 g/mol. The van der Waals surface area contributed by atoms with Crippen LogP contribution in [0.2, 0.25) is 0 Å². The number of nitrogens with one attached hydrogen (secondary N) is 2. The number of rotatable bonds is 6. The zero-order chi connectivity index (χ0) is 29.1. The molecule has 3 heterocycles. The van der Waals surface area contributed by atoms with E-state index in [1.807, 2.05) is 45.0 Å². The molecule has 2 amide bonds. The Balaban J connectivity index is 0.000000415. The SMILES string of the molecule is CCOC(=O)c1[nH]ccc1NCc1ccccc1C1CN(C(=O)OC(C)(C)C)CCO1.O=C(O)N1CCOCC1. The Bertz CT molecular complexity index is 1120. The van der Waals surface area contributed by atoms with Gasteiger partial charge in [0.25, 0.3) is 0 Å². The van der Waals surface area contributed by atoms with E-state index in [0.29, 0.717) is 70.5 Å². The number of H-pyrrole nitrogens is 1.